The minimum absolute atomic E-state index is 0.503. The van der Waals surface area contributed by atoms with E-state index in [0.29, 0.717) is 12.0 Å². The maximum atomic E-state index is 4.53. The lowest BCUT2D eigenvalue weighted by atomic mass is 10.2. The van der Waals surface area contributed by atoms with Gasteiger partial charge in [0.15, 0.2) is 0 Å². The summed E-state index contributed by atoms with van der Waals surface area (Å²) in [6.45, 7) is 9.61. The molecule has 90 valence electrons. The van der Waals surface area contributed by atoms with Crippen molar-refractivity contribution < 1.29 is 0 Å². The molecule has 4 heteroatoms. The lowest BCUT2D eigenvalue weighted by molar-refractivity contribution is 0.621. The van der Waals surface area contributed by atoms with Crippen LogP contribution in [0.1, 0.15) is 32.8 Å². The number of hydrogen-bond donors (Lipinski definition) is 1. The van der Waals surface area contributed by atoms with Gasteiger partial charge < -0.3 is 10.2 Å². The van der Waals surface area contributed by atoms with Crippen LogP contribution in [-0.2, 0) is 0 Å². The molecule has 16 heavy (non-hydrogen) atoms. The first-order chi connectivity index (χ1) is 7.63. The van der Waals surface area contributed by atoms with Gasteiger partial charge in [0.1, 0.15) is 5.82 Å². The van der Waals surface area contributed by atoms with E-state index in [1.54, 1.807) is 0 Å². The van der Waals surface area contributed by atoms with Crippen LogP contribution < -0.4 is 10.2 Å². The summed E-state index contributed by atoms with van der Waals surface area (Å²) in [5.41, 5.74) is 1.13. The summed E-state index contributed by atoms with van der Waals surface area (Å²) < 4.78 is 0. The van der Waals surface area contributed by atoms with Crippen LogP contribution in [0.15, 0.2) is 6.20 Å². The zero-order valence-electron chi connectivity index (χ0n) is 10.9. The number of nitrogens with zero attached hydrogens (tertiary/aromatic N) is 3. The molecule has 0 aromatic carbocycles. The first-order valence-corrected chi connectivity index (χ1v) is 5.92. The number of aryl methyl sites for hydroxylation is 1. The van der Waals surface area contributed by atoms with Crippen molar-refractivity contribution in [2.24, 2.45) is 0 Å². The molecule has 4 nitrogen and oxygen atoms in total. The molecule has 1 N–H and O–H groups in total. The third-order valence-corrected chi connectivity index (χ3v) is 2.90. The first kappa shape index (κ1) is 12.7. The molecule has 0 spiro atoms. The van der Waals surface area contributed by atoms with Crippen molar-refractivity contribution >= 4 is 11.8 Å². The zero-order chi connectivity index (χ0) is 12.1. The van der Waals surface area contributed by atoms with E-state index in [9.17, 15) is 0 Å². The van der Waals surface area contributed by atoms with Crippen LogP contribution in [0.2, 0.25) is 0 Å². The molecule has 1 rings (SSSR count). The number of nitrogens with one attached hydrogen (secondary N) is 1. The minimum atomic E-state index is 0.503. The van der Waals surface area contributed by atoms with Gasteiger partial charge in [-0.25, -0.2) is 4.98 Å². The fourth-order valence-corrected chi connectivity index (χ4v) is 1.73. The Balaban J connectivity index is 3.07. The molecule has 1 aromatic rings. The molecular formula is C12H22N4. The number of rotatable bonds is 5. The highest BCUT2D eigenvalue weighted by Crippen LogP contribution is 2.20. The fourth-order valence-electron chi connectivity index (χ4n) is 1.73. The Hall–Kier alpha value is -1.32. The predicted molar refractivity (Wildman–Crippen MR) is 69.1 cm³/mol. The van der Waals surface area contributed by atoms with E-state index in [0.717, 1.165) is 24.3 Å². The predicted octanol–water partition coefficient (Wildman–Crippen LogP) is 2.45. The molecule has 0 saturated heterocycles. The molecule has 1 aromatic heterocycles. The van der Waals surface area contributed by atoms with Crippen LogP contribution in [0.25, 0.3) is 0 Å². The van der Waals surface area contributed by atoms with E-state index in [1.165, 1.54) is 0 Å². The van der Waals surface area contributed by atoms with Crippen LogP contribution in [-0.4, -0.2) is 29.6 Å². The van der Waals surface area contributed by atoms with Gasteiger partial charge in [0, 0.05) is 31.4 Å². The van der Waals surface area contributed by atoms with Crippen LogP contribution in [0, 0.1) is 6.92 Å². The molecule has 0 fully saturated rings. The normalized spacial score (nSPS) is 12.3. The average molecular weight is 222 g/mol. The largest absolute Gasteiger partial charge is 0.357 e. The van der Waals surface area contributed by atoms with Crippen molar-refractivity contribution in [2.45, 2.75) is 40.2 Å². The van der Waals surface area contributed by atoms with E-state index in [1.807, 2.05) is 13.2 Å². The van der Waals surface area contributed by atoms with Crippen molar-refractivity contribution in [3.05, 3.63) is 11.8 Å². The highest BCUT2D eigenvalue weighted by molar-refractivity contribution is 5.49. The van der Waals surface area contributed by atoms with Crippen molar-refractivity contribution in [1.82, 2.24) is 9.97 Å². The molecule has 1 heterocycles. The smallest absolute Gasteiger partial charge is 0.224 e. The van der Waals surface area contributed by atoms with Crippen molar-refractivity contribution in [2.75, 3.05) is 23.8 Å². The maximum Gasteiger partial charge on any atom is 0.224 e. The van der Waals surface area contributed by atoms with E-state index in [2.05, 4.69) is 47.9 Å². The van der Waals surface area contributed by atoms with Crippen LogP contribution in [0.5, 0.6) is 0 Å². The third-order valence-electron chi connectivity index (χ3n) is 2.90. The summed E-state index contributed by atoms with van der Waals surface area (Å²) in [5, 5.41) is 2.98. The van der Waals surface area contributed by atoms with E-state index >= 15 is 0 Å². The highest BCUT2D eigenvalue weighted by Gasteiger charge is 2.15. The van der Waals surface area contributed by atoms with Gasteiger partial charge in [-0.3, -0.25) is 0 Å². The Bertz CT molecular complexity index is 338. The number of hydrogen-bond acceptors (Lipinski definition) is 4. The minimum Gasteiger partial charge on any atom is -0.357 e. The van der Waals surface area contributed by atoms with Crippen LogP contribution in [0.4, 0.5) is 11.8 Å². The lowest BCUT2D eigenvalue weighted by Crippen LogP contribution is -2.33. The molecule has 0 radical (unpaired) electrons. The van der Waals surface area contributed by atoms with Crippen molar-refractivity contribution in [3.63, 3.8) is 0 Å². The Morgan fingerprint density at radius 1 is 1.44 bits per heavy atom. The molecule has 0 aliphatic heterocycles. The molecule has 1 atom stereocenters. The Morgan fingerprint density at radius 3 is 2.62 bits per heavy atom. The van der Waals surface area contributed by atoms with Gasteiger partial charge in [-0.1, -0.05) is 6.92 Å². The van der Waals surface area contributed by atoms with E-state index < -0.39 is 0 Å². The second kappa shape index (κ2) is 5.68. The molecule has 0 aliphatic rings. The van der Waals surface area contributed by atoms with Gasteiger partial charge in [-0.2, -0.15) is 4.98 Å². The van der Waals surface area contributed by atoms with Crippen LogP contribution >= 0.6 is 0 Å². The second-order valence-electron chi connectivity index (χ2n) is 3.99. The standard InChI is InChI=1S/C12H22N4/c1-6-10(4)16(7-2)11-9(3)8-14-12(13-5)15-11/h8,10H,6-7H2,1-5H3,(H,13,14,15). The lowest BCUT2D eigenvalue weighted by Gasteiger charge is -2.29. The monoisotopic (exact) mass is 222 g/mol. The topological polar surface area (TPSA) is 41.1 Å². The third kappa shape index (κ3) is 2.62. The molecule has 0 saturated carbocycles. The highest BCUT2D eigenvalue weighted by atomic mass is 15.2. The fraction of sp³-hybridized carbons (Fsp3) is 0.667. The Kier molecular flexibility index (Phi) is 4.52. The molecule has 0 aliphatic carbocycles. The first-order valence-electron chi connectivity index (χ1n) is 5.92. The van der Waals surface area contributed by atoms with Gasteiger partial charge in [0.05, 0.1) is 0 Å². The quantitative estimate of drug-likeness (QED) is 0.831. The molecular weight excluding hydrogens is 200 g/mol. The maximum absolute atomic E-state index is 4.53. The average Bonchev–Trinajstić information content (AvgIpc) is 2.32. The summed E-state index contributed by atoms with van der Waals surface area (Å²) in [5.74, 6) is 1.72. The molecule has 0 bridgehead atoms. The van der Waals surface area contributed by atoms with E-state index in [-0.39, 0.29) is 0 Å². The van der Waals surface area contributed by atoms with Crippen molar-refractivity contribution in [1.29, 1.82) is 0 Å². The molecule has 0 amide bonds. The number of anilines is 2. The van der Waals surface area contributed by atoms with Gasteiger partial charge in [0.25, 0.3) is 0 Å². The van der Waals surface area contributed by atoms with Crippen molar-refractivity contribution in [3.8, 4) is 0 Å². The Morgan fingerprint density at radius 2 is 2.12 bits per heavy atom. The molecule has 1 unspecified atom stereocenters. The second-order valence-corrected chi connectivity index (χ2v) is 3.99. The summed E-state index contributed by atoms with van der Waals surface area (Å²) in [6, 6.07) is 0.503. The van der Waals surface area contributed by atoms with Gasteiger partial charge in [0.2, 0.25) is 5.95 Å². The summed E-state index contributed by atoms with van der Waals surface area (Å²) in [7, 11) is 1.84. The summed E-state index contributed by atoms with van der Waals surface area (Å²) in [6.07, 6.45) is 2.99. The zero-order valence-corrected chi connectivity index (χ0v) is 10.9. The summed E-state index contributed by atoms with van der Waals surface area (Å²) >= 11 is 0. The number of aromatic nitrogens is 2. The van der Waals surface area contributed by atoms with E-state index in [4.69, 9.17) is 0 Å². The summed E-state index contributed by atoms with van der Waals surface area (Å²) in [4.78, 5) is 11.1. The van der Waals surface area contributed by atoms with Crippen LogP contribution in [0.3, 0.4) is 0 Å². The van der Waals surface area contributed by atoms with Gasteiger partial charge in [-0.05, 0) is 27.2 Å². The van der Waals surface area contributed by atoms with Gasteiger partial charge in [-0.15, -0.1) is 0 Å². The SMILES string of the molecule is CCC(C)N(CC)c1nc(NC)ncc1C. The Labute approximate surface area is 98.1 Å². The van der Waals surface area contributed by atoms with Gasteiger partial charge >= 0.3 is 0 Å².